The molecule has 0 radical (unpaired) electrons. The molecular weight excluding hydrogens is 165 g/mol. The molecule has 1 aliphatic heterocycles. The predicted octanol–water partition coefficient (Wildman–Crippen LogP) is -0.520. The van der Waals surface area contributed by atoms with E-state index in [1.165, 1.54) is 0 Å². The van der Waals surface area contributed by atoms with Crippen LogP contribution in [-0.2, 0) is 14.3 Å². The van der Waals surface area contributed by atoms with Crippen molar-refractivity contribution in [3.63, 3.8) is 0 Å². The molecule has 0 bridgehead atoms. The van der Waals surface area contributed by atoms with E-state index in [0.717, 1.165) is 0 Å². The quantitative estimate of drug-likeness (QED) is 0.455. The lowest BCUT2D eigenvalue weighted by Crippen LogP contribution is -2.49. The Kier molecular flexibility index (Phi) is 2.82. The minimum absolute atomic E-state index is 0.274. The van der Waals surface area contributed by atoms with Crippen LogP contribution in [0.1, 0.15) is 6.42 Å². The summed E-state index contributed by atoms with van der Waals surface area (Å²) in [5.41, 5.74) is 4.79. The summed E-state index contributed by atoms with van der Waals surface area (Å²) in [4.78, 5) is 11.1. The average molecular weight is 177 g/mol. The lowest BCUT2D eigenvalue weighted by Gasteiger charge is -2.18. The van der Waals surface area contributed by atoms with Crippen LogP contribution in [0.4, 0.5) is 0 Å². The Morgan fingerprint density at radius 1 is 1.82 bits per heavy atom. The van der Waals surface area contributed by atoms with Crippen molar-refractivity contribution < 1.29 is 14.3 Å². The van der Waals surface area contributed by atoms with Crippen LogP contribution in [0, 0.1) is 0 Å². The maximum absolute atomic E-state index is 11.1. The maximum Gasteiger partial charge on any atom is 0.328 e. The van der Waals surface area contributed by atoms with Crippen LogP contribution in [-0.4, -0.2) is 31.1 Å². The molecule has 0 aromatic carbocycles. The Labute approximate surface area is 67.6 Å². The van der Waals surface area contributed by atoms with E-state index in [9.17, 15) is 4.79 Å². The molecule has 4 nitrogen and oxygen atoms in total. The summed E-state index contributed by atoms with van der Waals surface area (Å²) in [7, 11) is 2.30. The van der Waals surface area contributed by atoms with Crippen LogP contribution >= 0.6 is 9.24 Å². The van der Waals surface area contributed by atoms with Gasteiger partial charge in [-0.25, -0.2) is 4.79 Å². The fraction of sp³-hybridized carbons (Fsp3) is 0.833. The van der Waals surface area contributed by atoms with Gasteiger partial charge in [0.2, 0.25) is 0 Å². The Hall–Kier alpha value is -0.180. The fourth-order valence-electron chi connectivity index (χ4n) is 0.961. The SMILES string of the molecule is NC1(C(=O)OCP)CCOC1. The minimum atomic E-state index is -0.892. The molecule has 0 amide bonds. The lowest BCUT2D eigenvalue weighted by molar-refractivity contribution is -0.147. The summed E-state index contributed by atoms with van der Waals surface area (Å²) < 4.78 is 9.74. The second-order valence-corrected chi connectivity index (χ2v) is 2.89. The zero-order valence-corrected chi connectivity index (χ0v) is 7.36. The molecule has 1 rings (SSSR count). The highest BCUT2D eigenvalue weighted by atomic mass is 31.0. The zero-order valence-electron chi connectivity index (χ0n) is 6.21. The van der Waals surface area contributed by atoms with E-state index in [-0.39, 0.29) is 18.9 Å². The molecule has 0 saturated carbocycles. The van der Waals surface area contributed by atoms with Crippen LogP contribution < -0.4 is 5.73 Å². The second kappa shape index (κ2) is 3.48. The van der Waals surface area contributed by atoms with Crippen molar-refractivity contribution >= 4 is 15.2 Å². The predicted molar refractivity (Wildman–Crippen MR) is 43.0 cm³/mol. The summed E-state index contributed by atoms with van der Waals surface area (Å²) in [6, 6.07) is 0. The molecular formula is C6H12NO3P. The van der Waals surface area contributed by atoms with Crippen LogP contribution in [0.3, 0.4) is 0 Å². The highest BCUT2D eigenvalue weighted by molar-refractivity contribution is 7.16. The topological polar surface area (TPSA) is 61.6 Å². The van der Waals surface area contributed by atoms with Gasteiger partial charge in [0.25, 0.3) is 0 Å². The fourth-order valence-corrected chi connectivity index (χ4v) is 1.11. The smallest absolute Gasteiger partial charge is 0.328 e. The first-order valence-electron chi connectivity index (χ1n) is 3.43. The minimum Gasteiger partial charge on any atom is -0.460 e. The molecule has 0 spiro atoms. The van der Waals surface area contributed by atoms with Crippen molar-refractivity contribution in [2.24, 2.45) is 5.73 Å². The Morgan fingerprint density at radius 2 is 2.55 bits per heavy atom. The second-order valence-electron chi connectivity index (χ2n) is 2.56. The number of hydrogen-bond acceptors (Lipinski definition) is 4. The third-order valence-corrected chi connectivity index (χ3v) is 1.84. The molecule has 1 heterocycles. The molecule has 11 heavy (non-hydrogen) atoms. The van der Waals surface area contributed by atoms with E-state index >= 15 is 0 Å². The standard InChI is InChI=1S/C6H12NO3P/c7-6(1-2-9-3-6)5(8)10-4-11/h1-4,7,11H2. The van der Waals surface area contributed by atoms with Crippen LogP contribution in [0.25, 0.3) is 0 Å². The molecule has 2 atom stereocenters. The third kappa shape index (κ3) is 1.89. The van der Waals surface area contributed by atoms with Crippen molar-refractivity contribution in [3.05, 3.63) is 0 Å². The molecule has 1 fully saturated rings. The third-order valence-electron chi connectivity index (χ3n) is 1.67. The van der Waals surface area contributed by atoms with Crippen molar-refractivity contribution in [2.45, 2.75) is 12.0 Å². The van der Waals surface area contributed by atoms with E-state index in [0.29, 0.717) is 13.0 Å². The number of hydrogen-bond donors (Lipinski definition) is 1. The van der Waals surface area contributed by atoms with Gasteiger partial charge in [0.1, 0.15) is 11.9 Å². The van der Waals surface area contributed by atoms with E-state index in [4.69, 9.17) is 15.2 Å². The number of carbonyl (C=O) groups excluding carboxylic acids is 1. The maximum atomic E-state index is 11.1. The Bertz CT molecular complexity index is 156. The van der Waals surface area contributed by atoms with Gasteiger partial charge in [-0.3, -0.25) is 0 Å². The summed E-state index contributed by atoms with van der Waals surface area (Å²) >= 11 is 0. The number of ether oxygens (including phenoxy) is 2. The van der Waals surface area contributed by atoms with Gasteiger partial charge in [0.15, 0.2) is 0 Å². The zero-order chi connectivity index (χ0) is 8.32. The molecule has 1 saturated heterocycles. The van der Waals surface area contributed by atoms with Gasteiger partial charge in [-0.05, 0) is 0 Å². The van der Waals surface area contributed by atoms with Gasteiger partial charge in [0, 0.05) is 13.0 Å². The van der Waals surface area contributed by atoms with E-state index < -0.39 is 5.54 Å². The lowest BCUT2D eigenvalue weighted by atomic mass is 10.0. The highest BCUT2D eigenvalue weighted by Gasteiger charge is 2.39. The monoisotopic (exact) mass is 177 g/mol. The van der Waals surface area contributed by atoms with Crippen molar-refractivity contribution in [1.29, 1.82) is 0 Å². The van der Waals surface area contributed by atoms with Gasteiger partial charge in [-0.15, -0.1) is 0 Å². The number of esters is 1. The average Bonchev–Trinajstić information content (AvgIpc) is 2.38. The molecule has 2 N–H and O–H groups in total. The summed E-state index contributed by atoms with van der Waals surface area (Å²) in [6.45, 7) is 0.818. The molecule has 0 aromatic heterocycles. The Morgan fingerprint density at radius 3 is 3.00 bits per heavy atom. The molecule has 0 aliphatic carbocycles. The number of nitrogens with two attached hydrogens (primary N) is 1. The molecule has 5 heteroatoms. The normalized spacial score (nSPS) is 30.4. The molecule has 64 valence electrons. The van der Waals surface area contributed by atoms with Crippen molar-refractivity contribution in [3.8, 4) is 0 Å². The van der Waals surface area contributed by atoms with Crippen molar-refractivity contribution in [1.82, 2.24) is 0 Å². The van der Waals surface area contributed by atoms with E-state index in [1.54, 1.807) is 0 Å². The number of rotatable bonds is 2. The first kappa shape index (κ1) is 8.91. The Balaban J connectivity index is 2.49. The van der Waals surface area contributed by atoms with Crippen LogP contribution in [0.5, 0.6) is 0 Å². The largest absolute Gasteiger partial charge is 0.460 e. The van der Waals surface area contributed by atoms with Gasteiger partial charge in [-0.1, -0.05) is 9.24 Å². The van der Waals surface area contributed by atoms with Gasteiger partial charge < -0.3 is 15.2 Å². The highest BCUT2D eigenvalue weighted by Crippen LogP contribution is 2.17. The van der Waals surface area contributed by atoms with E-state index in [2.05, 4.69) is 9.24 Å². The molecule has 0 aromatic rings. The number of carbonyl (C=O) groups is 1. The summed E-state index contributed by atoms with van der Waals surface area (Å²) in [5, 5.41) is 0. The van der Waals surface area contributed by atoms with Gasteiger partial charge in [-0.2, -0.15) is 0 Å². The van der Waals surface area contributed by atoms with Crippen LogP contribution in [0.15, 0.2) is 0 Å². The van der Waals surface area contributed by atoms with Crippen molar-refractivity contribution in [2.75, 3.05) is 19.6 Å². The first-order valence-corrected chi connectivity index (χ1v) is 4.24. The van der Waals surface area contributed by atoms with Gasteiger partial charge in [0.05, 0.1) is 6.61 Å². The first-order chi connectivity index (χ1) is 5.19. The summed E-state index contributed by atoms with van der Waals surface area (Å²) in [5.74, 6) is -0.370. The summed E-state index contributed by atoms with van der Waals surface area (Å²) in [6.07, 6.45) is 0.842. The molecule has 2 unspecified atom stereocenters. The molecule has 1 aliphatic rings. The van der Waals surface area contributed by atoms with Gasteiger partial charge >= 0.3 is 5.97 Å². The van der Waals surface area contributed by atoms with Crippen LogP contribution in [0.2, 0.25) is 0 Å². The van der Waals surface area contributed by atoms with E-state index in [1.807, 2.05) is 0 Å².